The lowest BCUT2D eigenvalue weighted by Crippen LogP contribution is -2.43. The SMILES string of the molecule is CC(C)(C)C.CC(C)(C)C.CCO.CCO.CCO.COC.O=C1C=Cc2ccc(OCC3CO3)cc2C12Cc1c(OCC3CO3)ccc3ccc(OCC4CO4)c(c13)C2.O=C1C=Cc2ccc(OCC3CO3)cc2C12Cc1c(OCC3CO3)ccc3ccc(OCC4CO4)c(c13)C2.O=C1C=Cc2ccc(OCC3CO3)cc2C12Cc1c(OCC3CO3)ccc3ccc(OCC4CO4)c(c13)C2. The van der Waals surface area contributed by atoms with E-state index in [0.29, 0.717) is 109 Å². The normalized spacial score (nSPS) is 24.7. The second-order valence-electron chi connectivity index (χ2n) is 39.9. The van der Waals surface area contributed by atoms with E-state index in [2.05, 4.69) is 96.5 Å². The van der Waals surface area contributed by atoms with Gasteiger partial charge in [-0.1, -0.05) is 128 Å². The fourth-order valence-corrected chi connectivity index (χ4v) is 17.6. The Morgan fingerprint density at radius 1 is 0.279 bits per heavy atom. The molecule has 0 amide bonds. The first-order valence-electron chi connectivity index (χ1n) is 47.9. The van der Waals surface area contributed by atoms with Crippen LogP contribution in [0, 0.1) is 10.8 Å². The first kappa shape index (κ1) is 98.7. The second-order valence-corrected chi connectivity index (χ2v) is 39.9. The van der Waals surface area contributed by atoms with Crippen molar-refractivity contribution in [2.75, 3.05) is 153 Å². The van der Waals surface area contributed by atoms with E-state index < -0.39 is 16.2 Å². The molecule has 9 heterocycles. The van der Waals surface area contributed by atoms with Gasteiger partial charge in [-0.2, -0.15) is 0 Å². The molecule has 9 aliphatic heterocycles. The summed E-state index contributed by atoms with van der Waals surface area (Å²) in [5.41, 5.74) is 11.0. The van der Waals surface area contributed by atoms with Crippen LogP contribution in [0.2, 0.25) is 0 Å². The summed E-state index contributed by atoms with van der Waals surface area (Å²) in [4.78, 5) is 41.9. The van der Waals surface area contributed by atoms with Gasteiger partial charge in [0.15, 0.2) is 17.3 Å². The van der Waals surface area contributed by atoms with E-state index in [0.717, 1.165) is 210 Å². The van der Waals surface area contributed by atoms with Gasteiger partial charge in [-0.05, 0) is 227 Å². The average molecular weight is 1870 g/mol. The quantitative estimate of drug-likeness (QED) is 0.0403. The number of epoxide rings is 9. The number of carbonyl (C=O) groups excluding carboxylic acids is 3. The van der Waals surface area contributed by atoms with Crippen LogP contribution < -0.4 is 42.6 Å². The van der Waals surface area contributed by atoms with Crippen molar-refractivity contribution in [2.45, 2.75) is 186 Å². The first-order chi connectivity index (χ1) is 65.6. The number of allylic oxidation sites excluding steroid dienone is 3. The maximum absolute atomic E-state index is 14.0. The van der Waals surface area contributed by atoms with Crippen LogP contribution in [0.5, 0.6) is 51.7 Å². The number of hydrogen-bond acceptors (Lipinski definition) is 25. The van der Waals surface area contributed by atoms with E-state index >= 15 is 0 Å². The Labute approximate surface area is 797 Å². The van der Waals surface area contributed by atoms with Crippen molar-refractivity contribution in [3.05, 3.63) is 212 Å². The van der Waals surface area contributed by atoms with Gasteiger partial charge < -0.3 is 105 Å². The summed E-state index contributed by atoms with van der Waals surface area (Å²) in [5.74, 6) is 7.35. The van der Waals surface area contributed by atoms with Gasteiger partial charge in [0.2, 0.25) is 0 Å². The number of ether oxygens (including phenoxy) is 19. The van der Waals surface area contributed by atoms with Gasteiger partial charge in [0.05, 0.1) is 75.7 Å². The Kier molecular flexibility index (Phi) is 31.5. The van der Waals surface area contributed by atoms with Crippen molar-refractivity contribution in [1.82, 2.24) is 0 Å². The molecule has 136 heavy (non-hydrogen) atoms. The molecule has 0 aromatic heterocycles. The molecule has 0 bridgehead atoms. The number of methoxy groups -OCH3 is 1. The predicted octanol–water partition coefficient (Wildman–Crippen LogP) is 15.8. The van der Waals surface area contributed by atoms with E-state index in [1.54, 1.807) is 53.2 Å². The summed E-state index contributed by atoms with van der Waals surface area (Å²) in [6.45, 7) is 34.4. The average Bonchev–Trinajstić information content (AvgIpc) is 1.65. The molecule has 15 aliphatic rings. The zero-order valence-electron chi connectivity index (χ0n) is 80.7. The van der Waals surface area contributed by atoms with E-state index in [1.807, 2.05) is 109 Å². The summed E-state index contributed by atoms with van der Waals surface area (Å²) in [6, 6.07) is 43.0. The topological polar surface area (TPSA) is 317 Å². The molecule has 25 nitrogen and oxygen atoms in total. The maximum atomic E-state index is 14.0. The van der Waals surface area contributed by atoms with Crippen LogP contribution in [-0.4, -0.2) is 241 Å². The van der Waals surface area contributed by atoms with Crippen molar-refractivity contribution in [3.63, 3.8) is 0 Å². The molecule has 726 valence electrons. The summed E-state index contributed by atoms with van der Waals surface area (Å²) in [6.07, 6.45) is 15.5. The van der Waals surface area contributed by atoms with E-state index in [-0.39, 0.29) is 92.1 Å². The fourth-order valence-electron chi connectivity index (χ4n) is 17.6. The van der Waals surface area contributed by atoms with Gasteiger partial charge >= 0.3 is 0 Å². The molecule has 24 rings (SSSR count). The lowest BCUT2D eigenvalue weighted by Gasteiger charge is -2.40. The number of aliphatic hydroxyl groups is 3. The Hall–Kier alpha value is -10.3. The molecule has 0 radical (unpaired) electrons. The predicted molar refractivity (Wildman–Crippen MR) is 519 cm³/mol. The maximum Gasteiger partial charge on any atom is 0.166 e. The van der Waals surface area contributed by atoms with Crippen LogP contribution in [0.4, 0.5) is 0 Å². The van der Waals surface area contributed by atoms with Gasteiger partial charge in [-0.15, -0.1) is 0 Å². The first-order valence-corrected chi connectivity index (χ1v) is 47.9. The molecular weight excluding hydrogens is 1730 g/mol. The minimum Gasteiger partial charge on any atom is -0.491 e. The molecule has 0 saturated carbocycles. The number of hydrogen-bond donors (Lipinski definition) is 3. The van der Waals surface area contributed by atoms with E-state index in [1.165, 1.54) is 0 Å². The van der Waals surface area contributed by atoms with E-state index in [9.17, 15) is 14.4 Å². The van der Waals surface area contributed by atoms with Crippen LogP contribution >= 0.6 is 0 Å². The summed E-state index contributed by atoms with van der Waals surface area (Å²) in [7, 11) is 3.25. The summed E-state index contributed by atoms with van der Waals surface area (Å²) in [5, 5.41) is 29.4. The Bertz CT molecular complexity index is 5070. The van der Waals surface area contributed by atoms with Crippen molar-refractivity contribution in [1.29, 1.82) is 0 Å². The van der Waals surface area contributed by atoms with Crippen molar-refractivity contribution in [3.8, 4) is 51.7 Å². The standard InChI is InChI=1S/3C31H28O7.2C5H12.4C2H6O/c3*32-29-8-4-18-1-5-20(33-12-21-13-34-21)9-26(18)31(29)10-24-27(37-16-22-14-35-22)6-2-19-3-7-28(25(11-31)30(19)24)38-17-23-15-36-23;2*1-5(2,3)4;1-3-2;3*1-2-3/h3*1-9,21-23H,10-17H2;2*1-4H3;1-2H3;3*3H,2H2,1H3. The lowest BCUT2D eigenvalue weighted by molar-refractivity contribution is -0.120. The van der Waals surface area contributed by atoms with Crippen LogP contribution in [0.1, 0.15) is 143 Å². The van der Waals surface area contributed by atoms with Crippen LogP contribution in [0.25, 0.3) is 50.5 Å². The minimum atomic E-state index is -0.787. The summed E-state index contributed by atoms with van der Waals surface area (Å²) < 4.78 is 109. The van der Waals surface area contributed by atoms with E-state index in [4.69, 9.17) is 101 Å². The van der Waals surface area contributed by atoms with Gasteiger partial charge in [-0.3, -0.25) is 14.4 Å². The number of benzene rings is 9. The molecule has 3 spiro atoms. The molecule has 25 heteroatoms. The Morgan fingerprint density at radius 3 is 0.603 bits per heavy atom. The number of carbonyl (C=O) groups is 3. The van der Waals surface area contributed by atoms with Crippen molar-refractivity contribution >= 4 is 67.9 Å². The Morgan fingerprint density at radius 2 is 0.441 bits per heavy atom. The smallest absolute Gasteiger partial charge is 0.166 e. The highest BCUT2D eigenvalue weighted by atomic mass is 16.6. The van der Waals surface area contributed by atoms with Gasteiger partial charge in [0.25, 0.3) is 0 Å². The second kappa shape index (κ2) is 43.4. The third-order valence-electron chi connectivity index (χ3n) is 24.6. The number of fused-ring (bicyclic) bond motifs is 6. The van der Waals surface area contributed by atoms with Gasteiger partial charge in [-0.25, -0.2) is 0 Å². The van der Waals surface area contributed by atoms with Gasteiger partial charge in [0.1, 0.15) is 166 Å². The lowest BCUT2D eigenvalue weighted by atomic mass is 9.61. The molecule has 9 aromatic carbocycles. The van der Waals surface area contributed by atoms with Crippen LogP contribution in [0.3, 0.4) is 0 Å². The highest BCUT2D eigenvalue weighted by Crippen LogP contribution is 2.56. The monoisotopic (exact) mass is 1860 g/mol. The molecule has 9 unspecified atom stereocenters. The Balaban J connectivity index is 0.000000133. The van der Waals surface area contributed by atoms with Crippen LogP contribution in [-0.2, 0) is 117 Å². The van der Waals surface area contributed by atoms with Crippen LogP contribution in [0.15, 0.2) is 146 Å². The molecule has 9 saturated heterocycles. The molecular formula is C111H132O25. The number of rotatable bonds is 27. The highest BCUT2D eigenvalue weighted by Gasteiger charge is 2.52. The molecule has 9 fully saturated rings. The summed E-state index contributed by atoms with van der Waals surface area (Å²) >= 11 is 0. The molecule has 6 aliphatic carbocycles. The minimum absolute atomic E-state index is 0.0899. The number of ketones is 3. The zero-order valence-corrected chi connectivity index (χ0v) is 80.7. The van der Waals surface area contributed by atoms with Gasteiger partial charge in [0, 0.05) is 67.4 Å². The largest absolute Gasteiger partial charge is 0.491 e. The molecule has 9 aromatic rings. The zero-order chi connectivity index (χ0) is 95.6. The highest BCUT2D eigenvalue weighted by molar-refractivity contribution is 6.11. The molecule has 9 atom stereocenters. The third kappa shape index (κ3) is 25.2. The van der Waals surface area contributed by atoms with Crippen molar-refractivity contribution in [2.24, 2.45) is 10.8 Å². The van der Waals surface area contributed by atoms with Crippen molar-refractivity contribution < 1.29 is 120 Å². The fraction of sp³-hybridized carbons (Fsp3) is 0.486. The number of aliphatic hydroxyl groups excluding tert-OH is 3. The molecule has 3 N–H and O–H groups in total. The third-order valence-corrected chi connectivity index (χ3v) is 24.6.